The summed E-state index contributed by atoms with van der Waals surface area (Å²) in [7, 11) is 0. The average molecular weight is 207 g/mol. The molecule has 2 amide bonds. The van der Waals surface area contributed by atoms with E-state index < -0.39 is 0 Å². The molecule has 0 unspecified atom stereocenters. The second-order valence-corrected chi connectivity index (χ2v) is 3.16. The van der Waals surface area contributed by atoms with Gasteiger partial charge in [0.2, 0.25) is 0 Å². The normalized spacial score (nSPS) is 16.1. The number of hydrogen-bond acceptors (Lipinski definition) is 3. The summed E-state index contributed by atoms with van der Waals surface area (Å²) in [5.41, 5.74) is 3.63. The van der Waals surface area contributed by atoms with Crippen molar-refractivity contribution in [2.45, 2.75) is 0 Å². The third-order valence-electron chi connectivity index (χ3n) is 2.09. The second-order valence-electron chi connectivity index (χ2n) is 3.16. The fraction of sp³-hybridized carbons (Fsp3) is 0.300. The van der Waals surface area contributed by atoms with Gasteiger partial charge in [0.1, 0.15) is 6.73 Å². The quantitative estimate of drug-likeness (QED) is 0.722. The fourth-order valence-electron chi connectivity index (χ4n) is 1.32. The number of para-hydroxylation sites is 1. The molecular weight excluding hydrogens is 194 g/mol. The van der Waals surface area contributed by atoms with Crippen LogP contribution in [-0.2, 0) is 4.74 Å². The minimum absolute atomic E-state index is 0.162. The van der Waals surface area contributed by atoms with E-state index in [1.165, 1.54) is 5.01 Å². The highest BCUT2D eigenvalue weighted by molar-refractivity contribution is 5.88. The average Bonchev–Trinajstić information content (AvgIpc) is 2.31. The van der Waals surface area contributed by atoms with E-state index in [0.29, 0.717) is 19.9 Å². The van der Waals surface area contributed by atoms with Gasteiger partial charge in [-0.15, -0.1) is 0 Å². The molecule has 1 aliphatic heterocycles. The Kier molecular flexibility index (Phi) is 3.16. The first kappa shape index (κ1) is 9.95. The number of anilines is 1. The summed E-state index contributed by atoms with van der Waals surface area (Å²) in [6.07, 6.45) is 0. The van der Waals surface area contributed by atoms with Gasteiger partial charge in [0.25, 0.3) is 0 Å². The van der Waals surface area contributed by atoms with Gasteiger partial charge in [0, 0.05) is 5.69 Å². The lowest BCUT2D eigenvalue weighted by atomic mass is 10.3. The summed E-state index contributed by atoms with van der Waals surface area (Å²) in [5, 5.41) is 4.29. The number of rotatable bonds is 1. The highest BCUT2D eigenvalue weighted by Crippen LogP contribution is 2.06. The standard InChI is InChI=1S/C10H13N3O2/c14-10(13-6-7-15-8-11-13)12-9-4-2-1-3-5-9/h1-5,11H,6-8H2,(H,12,14). The number of hydrazine groups is 1. The van der Waals surface area contributed by atoms with Crippen LogP contribution in [0.1, 0.15) is 0 Å². The number of amides is 2. The number of nitrogens with zero attached hydrogens (tertiary/aromatic N) is 1. The molecule has 5 heteroatoms. The maximum absolute atomic E-state index is 11.7. The predicted octanol–water partition coefficient (Wildman–Crippen LogP) is 1.01. The molecule has 0 saturated carbocycles. The number of hydrogen-bond donors (Lipinski definition) is 2. The third kappa shape index (κ3) is 2.68. The number of ether oxygens (including phenoxy) is 1. The van der Waals surface area contributed by atoms with Crippen molar-refractivity contribution in [3.05, 3.63) is 30.3 Å². The van der Waals surface area contributed by atoms with Crippen LogP contribution in [0.5, 0.6) is 0 Å². The predicted molar refractivity (Wildman–Crippen MR) is 56.1 cm³/mol. The van der Waals surface area contributed by atoms with Crippen LogP contribution in [0, 0.1) is 0 Å². The van der Waals surface area contributed by atoms with Crippen LogP contribution in [0.2, 0.25) is 0 Å². The van der Waals surface area contributed by atoms with Gasteiger partial charge in [-0.1, -0.05) is 18.2 Å². The molecule has 1 heterocycles. The molecule has 1 aromatic carbocycles. The van der Waals surface area contributed by atoms with Crippen LogP contribution >= 0.6 is 0 Å². The Hall–Kier alpha value is -1.59. The van der Waals surface area contributed by atoms with Gasteiger partial charge < -0.3 is 10.1 Å². The fourth-order valence-corrected chi connectivity index (χ4v) is 1.32. The van der Waals surface area contributed by atoms with Gasteiger partial charge >= 0.3 is 6.03 Å². The monoisotopic (exact) mass is 207 g/mol. The van der Waals surface area contributed by atoms with Crippen molar-refractivity contribution >= 4 is 11.7 Å². The zero-order valence-corrected chi connectivity index (χ0v) is 8.27. The molecular formula is C10H13N3O2. The molecule has 5 nitrogen and oxygen atoms in total. The summed E-state index contributed by atoms with van der Waals surface area (Å²) in [4.78, 5) is 11.7. The van der Waals surface area contributed by atoms with Crippen LogP contribution in [0.15, 0.2) is 30.3 Å². The molecule has 80 valence electrons. The Morgan fingerprint density at radius 3 is 2.87 bits per heavy atom. The number of carbonyl (C=O) groups is 1. The molecule has 15 heavy (non-hydrogen) atoms. The molecule has 1 aromatic rings. The zero-order chi connectivity index (χ0) is 10.5. The second kappa shape index (κ2) is 4.77. The van der Waals surface area contributed by atoms with E-state index in [0.717, 1.165) is 5.69 Å². The third-order valence-corrected chi connectivity index (χ3v) is 2.09. The van der Waals surface area contributed by atoms with Crippen molar-refractivity contribution in [2.75, 3.05) is 25.2 Å². The van der Waals surface area contributed by atoms with Crippen molar-refractivity contribution < 1.29 is 9.53 Å². The summed E-state index contributed by atoms with van der Waals surface area (Å²) in [5.74, 6) is 0. The first-order valence-electron chi connectivity index (χ1n) is 4.81. The molecule has 1 fully saturated rings. The minimum atomic E-state index is -0.162. The van der Waals surface area contributed by atoms with Gasteiger partial charge in [-0.05, 0) is 12.1 Å². The summed E-state index contributed by atoms with van der Waals surface area (Å²) < 4.78 is 5.07. The molecule has 0 spiro atoms. The summed E-state index contributed by atoms with van der Waals surface area (Å²) in [6, 6.07) is 9.19. The Balaban J connectivity index is 1.91. The minimum Gasteiger partial charge on any atom is -0.363 e. The molecule has 0 aromatic heterocycles. The van der Waals surface area contributed by atoms with Gasteiger partial charge in [-0.2, -0.15) is 0 Å². The van der Waals surface area contributed by atoms with Crippen LogP contribution in [0.25, 0.3) is 0 Å². The maximum atomic E-state index is 11.7. The van der Waals surface area contributed by atoms with E-state index in [1.54, 1.807) is 0 Å². The van der Waals surface area contributed by atoms with Gasteiger partial charge in [-0.25, -0.2) is 10.2 Å². The molecule has 1 saturated heterocycles. The molecule has 2 rings (SSSR count). The number of urea groups is 1. The molecule has 0 radical (unpaired) electrons. The van der Waals surface area contributed by atoms with Crippen LogP contribution < -0.4 is 10.7 Å². The highest BCUT2D eigenvalue weighted by atomic mass is 16.5. The van der Waals surface area contributed by atoms with Crippen molar-refractivity contribution in [1.82, 2.24) is 10.4 Å². The van der Waals surface area contributed by atoms with Crippen molar-refractivity contribution in [3.8, 4) is 0 Å². The van der Waals surface area contributed by atoms with E-state index in [1.807, 2.05) is 30.3 Å². The Morgan fingerprint density at radius 2 is 2.20 bits per heavy atom. The molecule has 0 aliphatic carbocycles. The maximum Gasteiger partial charge on any atom is 0.336 e. The van der Waals surface area contributed by atoms with Crippen LogP contribution in [-0.4, -0.2) is 30.9 Å². The molecule has 2 N–H and O–H groups in total. The van der Waals surface area contributed by atoms with Crippen LogP contribution in [0.3, 0.4) is 0 Å². The summed E-state index contributed by atoms with van der Waals surface area (Å²) >= 11 is 0. The first-order chi connectivity index (χ1) is 7.36. The molecule has 0 atom stereocenters. The number of nitrogens with one attached hydrogen (secondary N) is 2. The SMILES string of the molecule is O=C(Nc1ccccc1)N1CCOCN1. The van der Waals surface area contributed by atoms with E-state index in [4.69, 9.17) is 4.74 Å². The number of carbonyl (C=O) groups excluding carboxylic acids is 1. The Morgan fingerprint density at radius 1 is 1.40 bits per heavy atom. The first-order valence-corrected chi connectivity index (χ1v) is 4.81. The van der Waals surface area contributed by atoms with Crippen molar-refractivity contribution in [2.24, 2.45) is 0 Å². The van der Waals surface area contributed by atoms with Gasteiger partial charge in [0.15, 0.2) is 0 Å². The lowest BCUT2D eigenvalue weighted by Gasteiger charge is -2.27. The van der Waals surface area contributed by atoms with E-state index >= 15 is 0 Å². The van der Waals surface area contributed by atoms with Gasteiger partial charge in [-0.3, -0.25) is 5.01 Å². The van der Waals surface area contributed by atoms with E-state index in [9.17, 15) is 4.79 Å². The highest BCUT2D eigenvalue weighted by Gasteiger charge is 2.15. The lowest BCUT2D eigenvalue weighted by Crippen LogP contribution is -2.51. The molecule has 1 aliphatic rings. The smallest absolute Gasteiger partial charge is 0.336 e. The largest absolute Gasteiger partial charge is 0.363 e. The molecule has 0 bridgehead atoms. The summed E-state index contributed by atoms with van der Waals surface area (Å²) in [6.45, 7) is 1.50. The van der Waals surface area contributed by atoms with Crippen LogP contribution in [0.4, 0.5) is 10.5 Å². The van der Waals surface area contributed by atoms with E-state index in [2.05, 4.69) is 10.7 Å². The topological polar surface area (TPSA) is 53.6 Å². The van der Waals surface area contributed by atoms with Crippen molar-refractivity contribution in [3.63, 3.8) is 0 Å². The number of benzene rings is 1. The Labute approximate surface area is 88.0 Å². The van der Waals surface area contributed by atoms with Crippen molar-refractivity contribution in [1.29, 1.82) is 0 Å². The Bertz CT molecular complexity index is 323. The zero-order valence-electron chi connectivity index (χ0n) is 8.27. The lowest BCUT2D eigenvalue weighted by molar-refractivity contribution is 0.00550. The van der Waals surface area contributed by atoms with Gasteiger partial charge in [0.05, 0.1) is 13.2 Å². The van der Waals surface area contributed by atoms with E-state index in [-0.39, 0.29) is 6.03 Å².